The molecule has 3 nitrogen and oxygen atoms in total. The number of hydrogen-bond donors (Lipinski definition) is 0. The van der Waals surface area contributed by atoms with Crippen molar-refractivity contribution in [2.45, 2.75) is 64.7 Å². The molecule has 1 rings (SSSR count). The molecular formula is C18H27O3-. The van der Waals surface area contributed by atoms with Gasteiger partial charge in [0, 0.05) is 11.9 Å². The van der Waals surface area contributed by atoms with E-state index in [9.17, 15) is 14.7 Å². The van der Waals surface area contributed by atoms with Crippen LogP contribution in [0.3, 0.4) is 0 Å². The molecule has 118 valence electrons. The highest BCUT2D eigenvalue weighted by Gasteiger charge is 2.28. The largest absolute Gasteiger partial charge is 0.550 e. The number of carbonyl (C=O) groups excluding carboxylic acids is 2. The molecule has 3 heteroatoms. The number of allylic oxidation sites excluding steroid dienone is 4. The predicted octanol–water partition coefficient (Wildman–Crippen LogP) is 3.19. The number of rotatable bonds is 11. The van der Waals surface area contributed by atoms with Crippen LogP contribution in [0.4, 0.5) is 0 Å². The summed E-state index contributed by atoms with van der Waals surface area (Å²) in [4.78, 5) is 22.1. The van der Waals surface area contributed by atoms with Gasteiger partial charge in [-0.15, -0.1) is 0 Å². The van der Waals surface area contributed by atoms with Crippen molar-refractivity contribution in [1.82, 2.24) is 0 Å². The molecule has 0 heterocycles. The summed E-state index contributed by atoms with van der Waals surface area (Å²) in [7, 11) is 0. The Morgan fingerprint density at radius 1 is 1.19 bits per heavy atom. The van der Waals surface area contributed by atoms with Gasteiger partial charge in [-0.2, -0.15) is 0 Å². The Kier molecular flexibility index (Phi) is 8.72. The summed E-state index contributed by atoms with van der Waals surface area (Å²) in [6.45, 7) is 2.10. The van der Waals surface area contributed by atoms with E-state index in [0.717, 1.165) is 44.9 Å². The van der Waals surface area contributed by atoms with Crippen molar-refractivity contribution in [3.8, 4) is 0 Å². The smallest absolute Gasteiger partial charge is 0.159 e. The first-order valence-corrected chi connectivity index (χ1v) is 8.22. The molecule has 1 aliphatic carbocycles. The second-order valence-corrected chi connectivity index (χ2v) is 5.83. The van der Waals surface area contributed by atoms with Gasteiger partial charge < -0.3 is 9.90 Å². The molecule has 0 aromatic rings. The molecular weight excluding hydrogens is 264 g/mol. The molecule has 0 aliphatic heterocycles. The first-order chi connectivity index (χ1) is 10.1. The van der Waals surface area contributed by atoms with Gasteiger partial charge in [0.05, 0.1) is 0 Å². The Morgan fingerprint density at radius 3 is 2.62 bits per heavy atom. The maximum Gasteiger partial charge on any atom is 0.159 e. The van der Waals surface area contributed by atoms with Crippen LogP contribution in [-0.4, -0.2) is 11.8 Å². The molecule has 2 atom stereocenters. The molecule has 0 aromatic heterocycles. The van der Waals surface area contributed by atoms with Crippen molar-refractivity contribution in [2.75, 3.05) is 0 Å². The number of aliphatic carboxylic acids is 1. The molecule has 0 N–H and O–H groups in total. The highest BCUT2D eigenvalue weighted by atomic mass is 16.4. The van der Waals surface area contributed by atoms with Crippen molar-refractivity contribution >= 4 is 11.8 Å². The summed E-state index contributed by atoms with van der Waals surface area (Å²) < 4.78 is 0. The summed E-state index contributed by atoms with van der Waals surface area (Å²) >= 11 is 0. The number of carboxylic acids is 1. The average Bonchev–Trinajstić information content (AvgIpc) is 2.79. The van der Waals surface area contributed by atoms with Crippen LogP contribution >= 0.6 is 0 Å². The number of unbranched alkanes of at least 4 members (excludes halogenated alkanes) is 4. The second kappa shape index (κ2) is 10.4. The normalized spacial score (nSPS) is 21.5. The fraction of sp³-hybridized carbons (Fsp3) is 0.667. The summed E-state index contributed by atoms with van der Waals surface area (Å²) in [6.07, 6.45) is 16.1. The Morgan fingerprint density at radius 2 is 1.90 bits per heavy atom. The fourth-order valence-electron chi connectivity index (χ4n) is 2.86. The maximum atomic E-state index is 11.8. The highest BCUT2D eigenvalue weighted by Crippen LogP contribution is 2.30. The minimum absolute atomic E-state index is 0.144. The summed E-state index contributed by atoms with van der Waals surface area (Å²) in [5.41, 5.74) is 0. The minimum Gasteiger partial charge on any atom is -0.550 e. The maximum absolute atomic E-state index is 11.8. The van der Waals surface area contributed by atoms with Gasteiger partial charge in [0.2, 0.25) is 0 Å². The molecule has 1 aliphatic rings. The topological polar surface area (TPSA) is 57.2 Å². The van der Waals surface area contributed by atoms with Crippen LogP contribution in [-0.2, 0) is 9.59 Å². The zero-order valence-corrected chi connectivity index (χ0v) is 13.1. The average molecular weight is 291 g/mol. The van der Waals surface area contributed by atoms with Crippen molar-refractivity contribution in [1.29, 1.82) is 0 Å². The van der Waals surface area contributed by atoms with Crippen LogP contribution in [0.25, 0.3) is 0 Å². The second-order valence-electron chi connectivity index (χ2n) is 5.83. The van der Waals surface area contributed by atoms with Crippen molar-refractivity contribution in [2.24, 2.45) is 11.8 Å². The number of ketones is 1. The summed E-state index contributed by atoms with van der Waals surface area (Å²) in [5.74, 6) is -0.143. The Bertz CT molecular complexity index is 382. The molecule has 0 aromatic carbocycles. The lowest BCUT2D eigenvalue weighted by molar-refractivity contribution is -0.305. The third kappa shape index (κ3) is 7.26. The van der Waals surface area contributed by atoms with Crippen LogP contribution in [0.5, 0.6) is 0 Å². The Balaban J connectivity index is 2.15. The monoisotopic (exact) mass is 291 g/mol. The van der Waals surface area contributed by atoms with E-state index in [-0.39, 0.29) is 18.1 Å². The predicted molar refractivity (Wildman–Crippen MR) is 82.5 cm³/mol. The molecule has 0 unspecified atom stereocenters. The molecule has 0 amide bonds. The van der Waals surface area contributed by atoms with Gasteiger partial charge in [0.1, 0.15) is 0 Å². The van der Waals surface area contributed by atoms with Crippen molar-refractivity contribution in [3.05, 3.63) is 24.3 Å². The van der Waals surface area contributed by atoms with Crippen molar-refractivity contribution in [3.63, 3.8) is 0 Å². The van der Waals surface area contributed by atoms with Crippen molar-refractivity contribution < 1.29 is 14.7 Å². The summed E-state index contributed by atoms with van der Waals surface area (Å²) in [6, 6.07) is 0. The third-order valence-corrected chi connectivity index (χ3v) is 4.10. The molecule has 0 saturated carbocycles. The molecule has 0 radical (unpaired) electrons. The number of carbonyl (C=O) groups is 2. The van der Waals surface area contributed by atoms with Gasteiger partial charge >= 0.3 is 0 Å². The SMILES string of the molecule is CC/C=C\C[C@@H]1C(=O)C=C[C@@H]1CCCCCCCC(=O)[O-]. The van der Waals surface area contributed by atoms with Crippen LogP contribution in [0.15, 0.2) is 24.3 Å². The Hall–Kier alpha value is -1.38. The van der Waals surface area contributed by atoms with Gasteiger partial charge in [0.25, 0.3) is 0 Å². The van der Waals surface area contributed by atoms with Gasteiger partial charge in [0.15, 0.2) is 5.78 Å². The summed E-state index contributed by atoms with van der Waals surface area (Å²) in [5, 5.41) is 10.3. The van der Waals surface area contributed by atoms with E-state index in [1.54, 1.807) is 6.08 Å². The van der Waals surface area contributed by atoms with E-state index in [2.05, 4.69) is 25.2 Å². The van der Waals surface area contributed by atoms with Gasteiger partial charge in [-0.3, -0.25) is 4.79 Å². The first kappa shape index (κ1) is 17.7. The zero-order valence-electron chi connectivity index (χ0n) is 13.1. The lowest BCUT2D eigenvalue weighted by atomic mass is 9.87. The quantitative estimate of drug-likeness (QED) is 0.434. The Labute approximate surface area is 128 Å². The fourth-order valence-corrected chi connectivity index (χ4v) is 2.86. The first-order valence-electron chi connectivity index (χ1n) is 8.22. The van der Waals surface area contributed by atoms with E-state index >= 15 is 0 Å². The van der Waals surface area contributed by atoms with Gasteiger partial charge in [-0.1, -0.05) is 50.8 Å². The van der Waals surface area contributed by atoms with Crippen LogP contribution in [0.1, 0.15) is 64.7 Å². The van der Waals surface area contributed by atoms with E-state index in [1.165, 1.54) is 0 Å². The van der Waals surface area contributed by atoms with E-state index in [1.807, 2.05) is 0 Å². The third-order valence-electron chi connectivity index (χ3n) is 4.10. The van der Waals surface area contributed by atoms with Gasteiger partial charge in [-0.25, -0.2) is 0 Å². The number of carboxylic acid groups (broad SMARTS) is 1. The molecule has 0 fully saturated rings. The van der Waals surface area contributed by atoms with E-state index < -0.39 is 5.97 Å². The zero-order chi connectivity index (χ0) is 15.5. The van der Waals surface area contributed by atoms with E-state index in [4.69, 9.17) is 0 Å². The standard InChI is InChI=1S/C18H28O3/c1-2-3-7-11-16-15(13-14-17(16)19)10-8-5-4-6-9-12-18(20)21/h3,7,13-16H,2,4-6,8-12H2,1H3,(H,20,21)/p-1/b7-3-/t15-,16-/m0/s1. The lowest BCUT2D eigenvalue weighted by Gasteiger charge is -2.16. The molecule has 21 heavy (non-hydrogen) atoms. The van der Waals surface area contributed by atoms with E-state index in [0.29, 0.717) is 12.3 Å². The lowest BCUT2D eigenvalue weighted by Crippen LogP contribution is -2.21. The van der Waals surface area contributed by atoms with Crippen LogP contribution in [0.2, 0.25) is 0 Å². The van der Waals surface area contributed by atoms with Gasteiger partial charge in [-0.05, 0) is 44.1 Å². The minimum atomic E-state index is -0.951. The van der Waals surface area contributed by atoms with Crippen LogP contribution in [0, 0.1) is 11.8 Å². The number of hydrogen-bond acceptors (Lipinski definition) is 3. The molecule has 0 saturated heterocycles. The van der Waals surface area contributed by atoms with Crippen LogP contribution < -0.4 is 5.11 Å². The molecule has 0 spiro atoms. The highest BCUT2D eigenvalue weighted by molar-refractivity contribution is 5.94. The molecule has 0 bridgehead atoms.